The SMILES string of the molecule is CCCN1CCC2(CCN(C(=O)c3ccc(OCC(=O)N4CCCCC4)cc3)C2)C1=O. The average Bonchev–Trinajstić information content (AvgIpc) is 3.38. The van der Waals surface area contributed by atoms with Gasteiger partial charge in [0, 0.05) is 44.8 Å². The van der Waals surface area contributed by atoms with Crippen molar-refractivity contribution in [3.63, 3.8) is 0 Å². The van der Waals surface area contributed by atoms with Crippen LogP contribution in [0.1, 0.15) is 55.8 Å². The summed E-state index contributed by atoms with van der Waals surface area (Å²) >= 11 is 0. The maximum absolute atomic E-state index is 13.0. The number of rotatable bonds is 6. The average molecular weight is 428 g/mol. The Morgan fingerprint density at radius 1 is 0.968 bits per heavy atom. The standard InChI is InChI=1S/C24H33N3O4/c1-2-12-26-15-10-24(23(26)30)11-16-27(18-24)22(29)19-6-8-20(9-7-19)31-17-21(28)25-13-4-3-5-14-25/h6-9H,2-5,10-18H2,1H3. The quantitative estimate of drug-likeness (QED) is 0.700. The first kappa shape index (κ1) is 21.7. The highest BCUT2D eigenvalue weighted by Gasteiger charge is 2.51. The summed E-state index contributed by atoms with van der Waals surface area (Å²) in [4.78, 5) is 43.7. The van der Waals surface area contributed by atoms with Crippen LogP contribution in [0.25, 0.3) is 0 Å². The van der Waals surface area contributed by atoms with Crippen molar-refractivity contribution in [2.75, 3.05) is 45.9 Å². The minimum absolute atomic E-state index is 0.0144. The third-order valence-electron chi connectivity index (χ3n) is 6.91. The molecule has 0 bridgehead atoms. The molecule has 4 rings (SSSR count). The van der Waals surface area contributed by atoms with Gasteiger partial charge in [0.2, 0.25) is 5.91 Å². The summed E-state index contributed by atoms with van der Waals surface area (Å²) in [6, 6.07) is 6.97. The number of likely N-dealkylation sites (tertiary alicyclic amines) is 3. The van der Waals surface area contributed by atoms with Gasteiger partial charge < -0.3 is 19.4 Å². The van der Waals surface area contributed by atoms with Crippen molar-refractivity contribution in [1.82, 2.24) is 14.7 Å². The zero-order valence-corrected chi connectivity index (χ0v) is 18.5. The second-order valence-electron chi connectivity index (χ2n) is 9.05. The second-order valence-corrected chi connectivity index (χ2v) is 9.05. The van der Waals surface area contributed by atoms with Gasteiger partial charge in [-0.25, -0.2) is 0 Å². The van der Waals surface area contributed by atoms with Crippen LogP contribution in [0.5, 0.6) is 5.75 Å². The van der Waals surface area contributed by atoms with Gasteiger partial charge in [-0.1, -0.05) is 6.92 Å². The Balaban J connectivity index is 1.30. The molecule has 1 atom stereocenters. The molecule has 3 aliphatic heterocycles. The number of hydrogen-bond acceptors (Lipinski definition) is 4. The van der Waals surface area contributed by atoms with Gasteiger partial charge in [-0.15, -0.1) is 0 Å². The van der Waals surface area contributed by atoms with Gasteiger partial charge >= 0.3 is 0 Å². The third-order valence-corrected chi connectivity index (χ3v) is 6.91. The molecule has 3 fully saturated rings. The molecular weight excluding hydrogens is 394 g/mol. The van der Waals surface area contributed by atoms with Crippen molar-refractivity contribution in [3.8, 4) is 5.75 Å². The van der Waals surface area contributed by atoms with Crippen LogP contribution < -0.4 is 4.74 Å². The molecule has 0 radical (unpaired) electrons. The summed E-state index contributed by atoms with van der Waals surface area (Å²) in [5.41, 5.74) is 0.200. The zero-order valence-electron chi connectivity index (χ0n) is 18.5. The predicted molar refractivity (Wildman–Crippen MR) is 117 cm³/mol. The van der Waals surface area contributed by atoms with E-state index >= 15 is 0 Å². The van der Waals surface area contributed by atoms with E-state index in [1.165, 1.54) is 6.42 Å². The minimum atomic E-state index is -0.386. The molecule has 3 aliphatic rings. The lowest BCUT2D eigenvalue weighted by Crippen LogP contribution is -2.38. The number of carbonyl (C=O) groups excluding carboxylic acids is 3. The van der Waals surface area contributed by atoms with E-state index in [0.717, 1.165) is 58.3 Å². The van der Waals surface area contributed by atoms with Crippen LogP contribution in [-0.2, 0) is 9.59 Å². The van der Waals surface area contributed by atoms with Crippen LogP contribution in [0, 0.1) is 5.41 Å². The van der Waals surface area contributed by atoms with E-state index in [-0.39, 0.29) is 29.7 Å². The van der Waals surface area contributed by atoms with E-state index in [2.05, 4.69) is 6.92 Å². The minimum Gasteiger partial charge on any atom is -0.484 e. The monoisotopic (exact) mass is 427 g/mol. The molecule has 7 heteroatoms. The Morgan fingerprint density at radius 2 is 1.68 bits per heavy atom. The number of amides is 3. The largest absolute Gasteiger partial charge is 0.484 e. The van der Waals surface area contributed by atoms with Crippen molar-refractivity contribution in [2.24, 2.45) is 5.41 Å². The highest BCUT2D eigenvalue weighted by Crippen LogP contribution is 2.41. The topological polar surface area (TPSA) is 70.2 Å². The summed E-state index contributed by atoms with van der Waals surface area (Å²) in [5.74, 6) is 0.767. The predicted octanol–water partition coefficient (Wildman–Crippen LogP) is 2.55. The van der Waals surface area contributed by atoms with E-state index in [4.69, 9.17) is 4.74 Å². The van der Waals surface area contributed by atoms with E-state index in [9.17, 15) is 14.4 Å². The van der Waals surface area contributed by atoms with E-state index in [0.29, 0.717) is 24.4 Å². The molecule has 3 saturated heterocycles. The Morgan fingerprint density at radius 3 is 2.39 bits per heavy atom. The number of carbonyl (C=O) groups is 3. The first-order chi connectivity index (χ1) is 15.0. The van der Waals surface area contributed by atoms with Crippen molar-refractivity contribution < 1.29 is 19.1 Å². The molecule has 31 heavy (non-hydrogen) atoms. The molecule has 0 saturated carbocycles. The Labute approximate surface area is 184 Å². The molecule has 0 aromatic heterocycles. The van der Waals surface area contributed by atoms with Gasteiger partial charge in [0.1, 0.15) is 5.75 Å². The smallest absolute Gasteiger partial charge is 0.260 e. The van der Waals surface area contributed by atoms with E-state index in [1.54, 1.807) is 24.3 Å². The molecule has 1 aromatic carbocycles. The first-order valence-electron chi connectivity index (χ1n) is 11.6. The van der Waals surface area contributed by atoms with Crippen molar-refractivity contribution in [2.45, 2.75) is 45.4 Å². The van der Waals surface area contributed by atoms with Crippen LogP contribution in [0.4, 0.5) is 0 Å². The Bertz CT molecular complexity index is 819. The van der Waals surface area contributed by atoms with Crippen LogP contribution in [-0.4, -0.2) is 78.3 Å². The maximum atomic E-state index is 13.0. The fourth-order valence-electron chi connectivity index (χ4n) is 5.06. The number of nitrogens with zero attached hydrogens (tertiary/aromatic N) is 3. The molecule has 1 aromatic rings. The molecule has 3 amide bonds. The zero-order chi connectivity index (χ0) is 21.8. The molecule has 0 aliphatic carbocycles. The van der Waals surface area contributed by atoms with Crippen LogP contribution in [0.3, 0.4) is 0 Å². The van der Waals surface area contributed by atoms with Gasteiger partial charge in [-0.05, 0) is 62.8 Å². The highest BCUT2D eigenvalue weighted by molar-refractivity contribution is 5.95. The molecule has 7 nitrogen and oxygen atoms in total. The fraction of sp³-hybridized carbons (Fsp3) is 0.625. The molecular formula is C24H33N3O4. The van der Waals surface area contributed by atoms with Crippen molar-refractivity contribution >= 4 is 17.7 Å². The number of benzene rings is 1. The maximum Gasteiger partial charge on any atom is 0.260 e. The van der Waals surface area contributed by atoms with Crippen molar-refractivity contribution in [1.29, 1.82) is 0 Å². The van der Waals surface area contributed by atoms with E-state index < -0.39 is 0 Å². The molecule has 0 N–H and O–H groups in total. The summed E-state index contributed by atoms with van der Waals surface area (Å²) in [6.45, 7) is 6.46. The highest BCUT2D eigenvalue weighted by atomic mass is 16.5. The Kier molecular flexibility index (Phi) is 6.49. The van der Waals surface area contributed by atoms with Gasteiger partial charge in [0.15, 0.2) is 6.61 Å². The van der Waals surface area contributed by atoms with Gasteiger partial charge in [-0.2, -0.15) is 0 Å². The first-order valence-corrected chi connectivity index (χ1v) is 11.6. The lowest BCUT2D eigenvalue weighted by molar-refractivity contribution is -0.135. The summed E-state index contributed by atoms with van der Waals surface area (Å²) in [7, 11) is 0. The molecule has 168 valence electrons. The summed E-state index contributed by atoms with van der Waals surface area (Å²) < 4.78 is 5.64. The summed E-state index contributed by atoms with van der Waals surface area (Å²) in [6.07, 6.45) is 5.85. The van der Waals surface area contributed by atoms with Crippen LogP contribution >= 0.6 is 0 Å². The lowest BCUT2D eigenvalue weighted by atomic mass is 9.85. The number of ether oxygens (including phenoxy) is 1. The fourth-order valence-corrected chi connectivity index (χ4v) is 5.06. The number of hydrogen-bond donors (Lipinski definition) is 0. The third kappa shape index (κ3) is 4.55. The molecule has 1 unspecified atom stereocenters. The summed E-state index contributed by atoms with van der Waals surface area (Å²) in [5, 5.41) is 0. The van der Waals surface area contributed by atoms with Gasteiger partial charge in [0.25, 0.3) is 11.8 Å². The Hall–Kier alpha value is -2.57. The lowest BCUT2D eigenvalue weighted by Gasteiger charge is -2.26. The van der Waals surface area contributed by atoms with Crippen LogP contribution in [0.15, 0.2) is 24.3 Å². The normalized spacial score (nSPS) is 23.6. The van der Waals surface area contributed by atoms with Gasteiger partial charge in [0.05, 0.1) is 5.41 Å². The number of piperidine rings is 1. The second kappa shape index (κ2) is 9.28. The van der Waals surface area contributed by atoms with Gasteiger partial charge in [-0.3, -0.25) is 14.4 Å². The molecule has 1 spiro atoms. The molecule has 3 heterocycles. The van der Waals surface area contributed by atoms with Crippen molar-refractivity contribution in [3.05, 3.63) is 29.8 Å². The van der Waals surface area contributed by atoms with Crippen LogP contribution in [0.2, 0.25) is 0 Å². The van der Waals surface area contributed by atoms with E-state index in [1.807, 2.05) is 14.7 Å².